The fourth-order valence-electron chi connectivity index (χ4n) is 3.97. The zero-order valence-corrected chi connectivity index (χ0v) is 16.6. The number of aryl methyl sites for hydroxylation is 1. The van der Waals surface area contributed by atoms with Gasteiger partial charge in [-0.05, 0) is 37.1 Å². The molecular weight excluding hydrogens is 372 g/mol. The van der Waals surface area contributed by atoms with Gasteiger partial charge in [-0.1, -0.05) is 17.4 Å². The van der Waals surface area contributed by atoms with Crippen molar-refractivity contribution >= 4 is 39.9 Å². The Bertz CT molecular complexity index is 849. The lowest BCUT2D eigenvalue weighted by Gasteiger charge is -2.41. The van der Waals surface area contributed by atoms with Crippen LogP contribution < -0.4 is 10.2 Å². The Balaban J connectivity index is 0.00000196. The first kappa shape index (κ1) is 19.4. The maximum absolute atomic E-state index is 12.2. The van der Waals surface area contributed by atoms with Gasteiger partial charge in [-0.2, -0.15) is 0 Å². The number of halogens is 1. The van der Waals surface area contributed by atoms with Gasteiger partial charge in [-0.25, -0.2) is 0 Å². The maximum Gasteiger partial charge on any atom is 0.307 e. The Morgan fingerprint density at radius 3 is 2.92 bits per heavy atom. The van der Waals surface area contributed by atoms with E-state index in [0.29, 0.717) is 12.6 Å². The van der Waals surface area contributed by atoms with Gasteiger partial charge in [0.2, 0.25) is 5.91 Å². The molecule has 8 heteroatoms. The lowest BCUT2D eigenvalue weighted by Crippen LogP contribution is -2.56. The Kier molecular flexibility index (Phi) is 6.02. The van der Waals surface area contributed by atoms with E-state index in [1.807, 2.05) is 13.1 Å². The minimum atomic E-state index is 0. The number of nitrogens with zero attached hydrogens (tertiary/aromatic N) is 3. The third-order valence-electron chi connectivity index (χ3n) is 5.31. The largest absolute Gasteiger partial charge is 0.336 e. The van der Waals surface area contributed by atoms with Crippen molar-refractivity contribution in [2.45, 2.75) is 25.4 Å². The highest BCUT2D eigenvalue weighted by molar-refractivity contribution is 7.16. The number of hydrogen-bond donors (Lipinski definition) is 1. The molecule has 0 saturated carbocycles. The number of piperidine rings is 1. The van der Waals surface area contributed by atoms with Gasteiger partial charge in [0.05, 0.1) is 16.8 Å². The zero-order chi connectivity index (χ0) is 17.4. The normalized spacial score (nSPS) is 21.8. The summed E-state index contributed by atoms with van der Waals surface area (Å²) in [6.07, 6.45) is 2.23. The molecule has 1 aromatic carbocycles. The smallest absolute Gasteiger partial charge is 0.307 e. The van der Waals surface area contributed by atoms with Crippen molar-refractivity contribution in [3.63, 3.8) is 0 Å². The van der Waals surface area contributed by atoms with Crippen LogP contribution in [0.25, 0.3) is 10.2 Å². The van der Waals surface area contributed by atoms with Crippen molar-refractivity contribution in [2.24, 2.45) is 7.05 Å². The molecule has 3 heterocycles. The summed E-state index contributed by atoms with van der Waals surface area (Å²) in [5, 5.41) is 3.15. The minimum absolute atomic E-state index is 0. The second-order valence-corrected chi connectivity index (χ2v) is 8.02. The standard InChI is InChI=1S/C18H24N4O2S.ClH/c1-20-15-5-4-13(9-16(15)25-18(20)24)11-21-7-2-3-14(12-21)22-8-6-19-10-17(22)23;/h4-5,9,14,19H,2-3,6-8,10-12H2,1H3;1H. The third-order valence-corrected chi connectivity index (χ3v) is 6.31. The van der Waals surface area contributed by atoms with Gasteiger partial charge in [0.15, 0.2) is 0 Å². The zero-order valence-electron chi connectivity index (χ0n) is 14.9. The van der Waals surface area contributed by atoms with E-state index in [0.717, 1.165) is 55.8 Å². The molecule has 0 radical (unpaired) electrons. The highest BCUT2D eigenvalue weighted by Gasteiger charge is 2.29. The first-order valence-corrected chi connectivity index (χ1v) is 9.74. The van der Waals surface area contributed by atoms with E-state index in [1.165, 1.54) is 16.9 Å². The predicted octanol–water partition coefficient (Wildman–Crippen LogP) is 1.42. The van der Waals surface area contributed by atoms with Crippen LogP contribution in [-0.2, 0) is 18.4 Å². The van der Waals surface area contributed by atoms with Crippen LogP contribution in [0.1, 0.15) is 18.4 Å². The Hall–Kier alpha value is -1.41. The van der Waals surface area contributed by atoms with Crippen molar-refractivity contribution in [2.75, 3.05) is 32.7 Å². The van der Waals surface area contributed by atoms with Crippen molar-refractivity contribution in [3.8, 4) is 0 Å². The molecule has 26 heavy (non-hydrogen) atoms. The number of nitrogens with one attached hydrogen (secondary N) is 1. The Morgan fingerprint density at radius 1 is 1.27 bits per heavy atom. The van der Waals surface area contributed by atoms with Crippen molar-refractivity contribution in [1.29, 1.82) is 0 Å². The average Bonchev–Trinajstić information content (AvgIpc) is 2.89. The summed E-state index contributed by atoms with van der Waals surface area (Å²) < 4.78 is 2.76. The summed E-state index contributed by atoms with van der Waals surface area (Å²) in [6.45, 7) is 5.07. The Labute approximate surface area is 163 Å². The van der Waals surface area contributed by atoms with Crippen molar-refractivity contribution in [1.82, 2.24) is 19.7 Å². The van der Waals surface area contributed by atoms with Gasteiger partial charge in [-0.15, -0.1) is 12.4 Å². The third kappa shape index (κ3) is 3.81. The number of carbonyl (C=O) groups is 1. The van der Waals surface area contributed by atoms with E-state index in [1.54, 1.807) is 4.57 Å². The monoisotopic (exact) mass is 396 g/mol. The van der Waals surface area contributed by atoms with Crippen LogP contribution in [0.2, 0.25) is 0 Å². The summed E-state index contributed by atoms with van der Waals surface area (Å²) in [5.74, 6) is 0.230. The first-order valence-electron chi connectivity index (χ1n) is 8.93. The molecule has 1 unspecified atom stereocenters. The molecular formula is C18H25ClN4O2S. The number of benzene rings is 1. The molecule has 2 aliphatic rings. The number of hydrogen-bond acceptors (Lipinski definition) is 5. The number of fused-ring (bicyclic) bond motifs is 1. The molecule has 1 atom stereocenters. The molecule has 0 spiro atoms. The van der Waals surface area contributed by atoms with Gasteiger partial charge in [0, 0.05) is 39.3 Å². The Morgan fingerprint density at radius 2 is 2.12 bits per heavy atom. The van der Waals surface area contributed by atoms with Crippen molar-refractivity contribution < 1.29 is 4.79 Å². The van der Waals surface area contributed by atoms with Crippen LogP contribution in [0, 0.1) is 0 Å². The molecule has 1 N–H and O–H groups in total. The highest BCUT2D eigenvalue weighted by Crippen LogP contribution is 2.22. The van der Waals surface area contributed by atoms with E-state index in [9.17, 15) is 9.59 Å². The molecule has 142 valence electrons. The first-order chi connectivity index (χ1) is 12.1. The van der Waals surface area contributed by atoms with Crippen molar-refractivity contribution in [3.05, 3.63) is 33.4 Å². The number of amides is 1. The van der Waals surface area contributed by atoms with Gasteiger partial charge in [0.1, 0.15) is 0 Å². The maximum atomic E-state index is 12.2. The number of piperazine rings is 1. The molecule has 1 aromatic heterocycles. The summed E-state index contributed by atoms with van der Waals surface area (Å²) in [6, 6.07) is 6.64. The molecule has 0 bridgehead atoms. The summed E-state index contributed by atoms with van der Waals surface area (Å²) >= 11 is 1.31. The van der Waals surface area contributed by atoms with Gasteiger partial charge in [-0.3, -0.25) is 14.5 Å². The summed E-state index contributed by atoms with van der Waals surface area (Å²) in [5.41, 5.74) is 2.24. The van der Waals surface area contributed by atoms with Gasteiger partial charge >= 0.3 is 4.87 Å². The second kappa shape index (κ2) is 8.08. The summed E-state index contributed by atoms with van der Waals surface area (Å²) in [7, 11) is 1.82. The van der Waals surface area contributed by atoms with Crippen LogP contribution >= 0.6 is 23.7 Å². The van der Waals surface area contributed by atoms with E-state index in [2.05, 4.69) is 27.2 Å². The quantitative estimate of drug-likeness (QED) is 0.852. The molecule has 6 nitrogen and oxygen atoms in total. The van der Waals surface area contributed by atoms with Crippen LogP contribution in [0.4, 0.5) is 0 Å². The SMILES string of the molecule is Cl.Cn1c(=O)sc2cc(CN3CCCC(N4CCNCC4=O)C3)ccc21. The fourth-order valence-corrected chi connectivity index (χ4v) is 4.91. The molecule has 2 fully saturated rings. The van der Waals surface area contributed by atoms with E-state index >= 15 is 0 Å². The van der Waals surface area contributed by atoms with E-state index < -0.39 is 0 Å². The molecule has 4 rings (SSSR count). The summed E-state index contributed by atoms with van der Waals surface area (Å²) in [4.78, 5) is 28.6. The van der Waals surface area contributed by atoms with Crippen LogP contribution in [-0.4, -0.2) is 59.0 Å². The minimum Gasteiger partial charge on any atom is -0.336 e. The molecule has 2 saturated heterocycles. The average molecular weight is 397 g/mol. The van der Waals surface area contributed by atoms with Crippen LogP contribution in [0.15, 0.2) is 23.0 Å². The predicted molar refractivity (Wildman–Crippen MR) is 107 cm³/mol. The number of likely N-dealkylation sites (tertiary alicyclic amines) is 1. The fraction of sp³-hybridized carbons (Fsp3) is 0.556. The molecule has 2 aliphatic heterocycles. The van der Waals surface area contributed by atoms with E-state index in [-0.39, 0.29) is 23.2 Å². The van der Waals surface area contributed by atoms with Gasteiger partial charge < -0.3 is 14.8 Å². The molecule has 0 aliphatic carbocycles. The van der Waals surface area contributed by atoms with Crippen LogP contribution in [0.3, 0.4) is 0 Å². The van der Waals surface area contributed by atoms with Gasteiger partial charge in [0.25, 0.3) is 0 Å². The molecule has 1 amide bonds. The number of thiazole rings is 1. The molecule has 2 aromatic rings. The second-order valence-electron chi connectivity index (χ2n) is 7.02. The highest BCUT2D eigenvalue weighted by atomic mass is 35.5. The number of carbonyl (C=O) groups excluding carboxylic acids is 1. The number of aromatic nitrogens is 1. The topological polar surface area (TPSA) is 57.6 Å². The van der Waals surface area contributed by atoms with Crippen LogP contribution in [0.5, 0.6) is 0 Å². The lowest BCUT2D eigenvalue weighted by molar-refractivity contribution is -0.135. The lowest BCUT2D eigenvalue weighted by atomic mass is 10.0. The van der Waals surface area contributed by atoms with E-state index in [4.69, 9.17) is 0 Å². The number of rotatable bonds is 3.